The molecule has 0 saturated heterocycles. The lowest BCUT2D eigenvalue weighted by Crippen LogP contribution is -2.52. The van der Waals surface area contributed by atoms with Gasteiger partial charge in [-0.25, -0.2) is 0 Å². The van der Waals surface area contributed by atoms with Gasteiger partial charge in [0.1, 0.15) is 55.2 Å². The molecule has 5 N–H and O–H groups in total. The molecule has 23 nitrogen and oxygen atoms in total. The van der Waals surface area contributed by atoms with Crippen molar-refractivity contribution < 1.29 is 43.3 Å². The highest BCUT2D eigenvalue weighted by molar-refractivity contribution is 5.96. The molecule has 4 aromatic heterocycles. The number of aromatic nitrogens is 4. The Morgan fingerprint density at radius 1 is 0.456 bits per heavy atom. The van der Waals surface area contributed by atoms with Crippen LogP contribution in [-0.2, 0) is 4.79 Å². The van der Waals surface area contributed by atoms with Crippen LogP contribution in [0.1, 0.15) is 166 Å². The van der Waals surface area contributed by atoms with Crippen LogP contribution in [0.3, 0.4) is 0 Å². The van der Waals surface area contributed by atoms with Crippen LogP contribution >= 0.6 is 0 Å². The first-order valence-electron chi connectivity index (χ1n) is 27.9. The number of nitrogens with zero attached hydrogens (tertiary/aromatic N) is 6. The summed E-state index contributed by atoms with van der Waals surface area (Å²) in [6, 6.07) is 15.5. The van der Waals surface area contributed by atoms with Crippen LogP contribution in [0.25, 0.3) is 0 Å². The number of nitrogens with two attached hydrogens (primary N) is 1. The van der Waals surface area contributed by atoms with Crippen LogP contribution in [-0.4, -0.2) is 137 Å². The van der Waals surface area contributed by atoms with E-state index in [-0.39, 0.29) is 114 Å². The summed E-state index contributed by atoms with van der Waals surface area (Å²) in [6.45, 7) is 9.22. The summed E-state index contributed by atoms with van der Waals surface area (Å²) in [5.74, 6) is -3.00. The molecule has 4 aromatic rings. The minimum absolute atomic E-state index is 0.00570. The van der Waals surface area contributed by atoms with Crippen molar-refractivity contribution in [3.05, 3.63) is 137 Å². The Bertz CT molecular complexity index is 2790. The summed E-state index contributed by atoms with van der Waals surface area (Å²) in [5.41, 5.74) is 3.31. The number of carbonyl (C=O) groups is 5. The predicted molar refractivity (Wildman–Crippen MR) is 298 cm³/mol. The van der Waals surface area contributed by atoms with E-state index in [1.165, 1.54) is 82.6 Å². The van der Waals surface area contributed by atoms with Crippen molar-refractivity contribution in [1.82, 2.24) is 44.7 Å². The van der Waals surface area contributed by atoms with E-state index in [1.54, 1.807) is 0 Å². The van der Waals surface area contributed by atoms with Gasteiger partial charge < -0.3 is 50.8 Å². The van der Waals surface area contributed by atoms with Gasteiger partial charge in [-0.3, -0.25) is 43.2 Å². The molecule has 0 radical (unpaired) electrons. The molecule has 79 heavy (non-hydrogen) atoms. The normalized spacial score (nSPS) is 11.3. The molecule has 0 spiro atoms. The third-order valence-electron chi connectivity index (χ3n) is 12.5. The van der Waals surface area contributed by atoms with E-state index in [0.717, 1.165) is 57.4 Å². The Labute approximate surface area is 461 Å². The van der Waals surface area contributed by atoms with Crippen LogP contribution in [0.4, 0.5) is 0 Å². The summed E-state index contributed by atoms with van der Waals surface area (Å²) in [7, 11) is 0. The average Bonchev–Trinajstić information content (AvgIpc) is 3.46. The van der Waals surface area contributed by atoms with E-state index in [9.17, 15) is 38.4 Å². The quantitative estimate of drug-likeness (QED) is 0.0468. The van der Waals surface area contributed by atoms with Crippen LogP contribution in [0, 0.1) is 0 Å². The first-order valence-corrected chi connectivity index (χ1v) is 27.9. The summed E-state index contributed by atoms with van der Waals surface area (Å²) in [4.78, 5) is 149. The third kappa shape index (κ3) is 20.2. The van der Waals surface area contributed by atoms with Gasteiger partial charge in [0, 0.05) is 63.5 Å². The lowest BCUT2D eigenvalue weighted by atomic mass is 10.1. The van der Waals surface area contributed by atoms with Gasteiger partial charge in [0.15, 0.2) is 0 Å². The molecule has 0 bridgehead atoms. The zero-order chi connectivity index (χ0) is 57.4. The van der Waals surface area contributed by atoms with E-state index in [0.29, 0.717) is 38.6 Å². The maximum absolute atomic E-state index is 15.1. The van der Waals surface area contributed by atoms with E-state index in [1.807, 2.05) is 27.7 Å². The molecule has 1 unspecified atom stereocenters. The number of hydrogen-bond donors (Lipinski definition) is 4. The largest absolute Gasteiger partial charge is 0.410 e. The summed E-state index contributed by atoms with van der Waals surface area (Å²) >= 11 is 0. The number of amides is 5. The number of nitrogens with one attached hydrogen (secondary N) is 3. The minimum atomic E-state index is -1.21. The highest BCUT2D eigenvalue weighted by Gasteiger charge is 2.33. The molecule has 0 aliphatic carbocycles. The zero-order valence-electron chi connectivity index (χ0n) is 46.5. The number of rotatable bonds is 39. The number of hydrogen-bond acceptors (Lipinski definition) is 14. The standard InChI is InChI=1S/C56H82N10O13/c1-5-9-39-76-63-44(23-16-28-48(63)67)53(72)59-34-21-37-61(55(74)46-25-18-30-50(69)65(46)78-41-11-7-3)36-20-27-43(52(71)58-33-15-13-14-32-57)62(56(75)47-26-19-31-51(70)66(47)79-42-12-8-4)38-22-35-60-54(73)45-24-17-29-49(68)64(45)77-40-10-6-2/h16-19,23-26,28-31,43H,5-15,20-22,27,32-42,57H2,1-4H3,(H,58,71)(H,59,72)(H,60,73). The molecular formula is C56H82N10O13. The lowest BCUT2D eigenvalue weighted by Gasteiger charge is -2.32. The highest BCUT2D eigenvalue weighted by atomic mass is 16.7. The maximum Gasteiger partial charge on any atom is 0.283 e. The van der Waals surface area contributed by atoms with Gasteiger partial charge in [-0.2, -0.15) is 0 Å². The Morgan fingerprint density at radius 3 is 1.27 bits per heavy atom. The maximum atomic E-state index is 15.1. The van der Waals surface area contributed by atoms with Crippen molar-refractivity contribution in [1.29, 1.82) is 0 Å². The van der Waals surface area contributed by atoms with Crippen molar-refractivity contribution in [2.75, 3.05) is 72.2 Å². The Balaban J connectivity index is 1.70. The fraction of sp³-hybridized carbons (Fsp3) is 0.554. The Kier molecular flexibility index (Phi) is 28.8. The highest BCUT2D eigenvalue weighted by Crippen LogP contribution is 2.16. The molecule has 434 valence electrons. The van der Waals surface area contributed by atoms with E-state index in [4.69, 9.17) is 25.1 Å². The van der Waals surface area contributed by atoms with E-state index in [2.05, 4.69) is 16.0 Å². The summed E-state index contributed by atoms with van der Waals surface area (Å²) in [6.07, 6.45) is 8.10. The molecule has 0 aliphatic rings. The molecule has 4 heterocycles. The lowest BCUT2D eigenvalue weighted by molar-refractivity contribution is -0.126. The fourth-order valence-electron chi connectivity index (χ4n) is 8.09. The number of carbonyl (C=O) groups excluding carboxylic acids is 5. The Morgan fingerprint density at radius 2 is 0.835 bits per heavy atom. The first-order chi connectivity index (χ1) is 38.3. The topological polar surface area (TPSA) is 279 Å². The molecular weight excluding hydrogens is 1020 g/mol. The SMILES string of the molecule is CCCCOn1c(C(=O)NCCCN(CCCC(C(=O)NCCCCCN)N(CCCNC(=O)c2cccc(=O)n2OCCCC)C(=O)c2cccc(=O)n2OCCCC)C(=O)c2cccc(=O)n2OCCCC)cccc1=O. The van der Waals surface area contributed by atoms with Crippen molar-refractivity contribution in [2.24, 2.45) is 5.73 Å². The van der Waals surface area contributed by atoms with Crippen LogP contribution in [0.15, 0.2) is 92.0 Å². The van der Waals surface area contributed by atoms with Crippen LogP contribution < -0.4 is 63.3 Å². The van der Waals surface area contributed by atoms with Crippen molar-refractivity contribution in [3.8, 4) is 0 Å². The Hall–Kier alpha value is -7.69. The average molecular weight is 1100 g/mol. The second-order valence-corrected chi connectivity index (χ2v) is 18.7. The van der Waals surface area contributed by atoms with Gasteiger partial charge >= 0.3 is 0 Å². The van der Waals surface area contributed by atoms with E-state index >= 15 is 4.79 Å². The van der Waals surface area contributed by atoms with Gasteiger partial charge in [-0.15, -0.1) is 18.9 Å². The van der Waals surface area contributed by atoms with Gasteiger partial charge in [-0.05, 0) is 95.0 Å². The van der Waals surface area contributed by atoms with Gasteiger partial charge in [0.2, 0.25) is 5.91 Å². The van der Waals surface area contributed by atoms with Crippen molar-refractivity contribution in [2.45, 2.75) is 130 Å². The first kappa shape index (κ1) is 63.8. The smallest absolute Gasteiger partial charge is 0.283 e. The zero-order valence-corrected chi connectivity index (χ0v) is 46.5. The molecule has 0 saturated carbocycles. The van der Waals surface area contributed by atoms with Gasteiger partial charge in [0.25, 0.3) is 45.9 Å². The fourth-order valence-corrected chi connectivity index (χ4v) is 8.09. The van der Waals surface area contributed by atoms with Crippen molar-refractivity contribution in [3.63, 3.8) is 0 Å². The molecule has 1 atom stereocenters. The molecule has 5 amide bonds. The number of unbranched alkanes of at least 4 members (excludes halogenated alkanes) is 6. The van der Waals surface area contributed by atoms with Crippen LogP contribution in [0.2, 0.25) is 0 Å². The predicted octanol–water partition coefficient (Wildman–Crippen LogP) is 2.87. The monoisotopic (exact) mass is 1100 g/mol. The van der Waals surface area contributed by atoms with E-state index < -0.39 is 57.8 Å². The number of pyridine rings is 4. The van der Waals surface area contributed by atoms with Crippen LogP contribution in [0.5, 0.6) is 0 Å². The van der Waals surface area contributed by atoms with Gasteiger partial charge in [0.05, 0.1) is 0 Å². The second-order valence-electron chi connectivity index (χ2n) is 18.7. The molecule has 4 rings (SSSR count). The third-order valence-corrected chi connectivity index (χ3v) is 12.5. The minimum Gasteiger partial charge on any atom is -0.410 e. The molecule has 23 heteroatoms. The second kappa shape index (κ2) is 35.7. The molecule has 0 aliphatic heterocycles. The molecule has 0 aromatic carbocycles. The molecule has 0 fully saturated rings. The summed E-state index contributed by atoms with van der Waals surface area (Å²) < 4.78 is 3.77. The summed E-state index contributed by atoms with van der Waals surface area (Å²) in [5, 5.41) is 8.59. The van der Waals surface area contributed by atoms with Gasteiger partial charge in [-0.1, -0.05) is 84.1 Å². The van der Waals surface area contributed by atoms with Crippen molar-refractivity contribution >= 4 is 29.5 Å².